The molecule has 8 heteroatoms. The molecule has 0 saturated carbocycles. The van der Waals surface area contributed by atoms with Gasteiger partial charge in [-0.25, -0.2) is 4.79 Å². The van der Waals surface area contributed by atoms with Gasteiger partial charge in [0.05, 0.1) is 28.5 Å². The van der Waals surface area contributed by atoms with E-state index in [-0.39, 0.29) is 11.7 Å². The van der Waals surface area contributed by atoms with E-state index in [1.54, 1.807) is 23.2 Å². The van der Waals surface area contributed by atoms with Crippen molar-refractivity contribution in [3.63, 3.8) is 0 Å². The van der Waals surface area contributed by atoms with Crippen LogP contribution in [0.3, 0.4) is 0 Å². The number of aryl methyl sites for hydroxylation is 4. The number of benzene rings is 2. The van der Waals surface area contributed by atoms with E-state index in [9.17, 15) is 4.79 Å². The summed E-state index contributed by atoms with van der Waals surface area (Å²) in [6, 6.07) is 12.4. The van der Waals surface area contributed by atoms with Crippen molar-refractivity contribution in [3.05, 3.63) is 69.9 Å². The molecule has 5 rings (SSSR count). The van der Waals surface area contributed by atoms with E-state index in [0.29, 0.717) is 5.82 Å². The maximum absolute atomic E-state index is 12.5. The minimum Gasteiger partial charge on any atom is -0.362 e. The van der Waals surface area contributed by atoms with Crippen molar-refractivity contribution in [1.29, 1.82) is 0 Å². The molecule has 3 heterocycles. The van der Waals surface area contributed by atoms with E-state index in [2.05, 4.69) is 52.7 Å². The topological polar surface area (TPSA) is 82.6 Å². The molecule has 8 nitrogen and oxygen atoms in total. The smallest absolute Gasteiger partial charge is 0.328 e. The average Bonchev–Trinajstić information content (AvgIpc) is 3.32. The predicted octanol–water partition coefficient (Wildman–Crippen LogP) is 4.01. The molecule has 168 valence electrons. The van der Waals surface area contributed by atoms with E-state index < -0.39 is 0 Å². The summed E-state index contributed by atoms with van der Waals surface area (Å²) < 4.78 is 5.22. The highest BCUT2D eigenvalue weighted by atomic mass is 16.1. The Labute approximate surface area is 191 Å². The van der Waals surface area contributed by atoms with Crippen LogP contribution in [0.15, 0.2) is 47.4 Å². The number of hydrogen-bond donors (Lipinski definition) is 1. The molecule has 1 N–H and O–H groups in total. The minimum absolute atomic E-state index is 0.00586. The number of imidazole rings is 1. The number of aromatic nitrogens is 6. The molecule has 5 aromatic rings. The van der Waals surface area contributed by atoms with Crippen molar-refractivity contribution in [2.45, 2.75) is 26.8 Å². The standard InChI is InChI=1S/C25H27N7O/c1-14-17(8-7-9-18(14)21-10-11-26-32(21)6)15(2)27-24-20-13-23-22(30(4)25(33)31(23)5)12-19(20)16(3)28-29-24/h7-13,15H,1-6H3,(H,27,29)/t15-/m1/s1. The molecule has 3 aromatic heterocycles. The van der Waals surface area contributed by atoms with Crippen molar-refractivity contribution in [3.8, 4) is 11.3 Å². The normalized spacial score (nSPS) is 12.5. The number of fused-ring (bicyclic) bond motifs is 2. The molecule has 0 spiro atoms. The highest BCUT2D eigenvalue weighted by Gasteiger charge is 2.18. The van der Waals surface area contributed by atoms with Crippen LogP contribution in [-0.2, 0) is 21.1 Å². The summed E-state index contributed by atoms with van der Waals surface area (Å²) in [5.74, 6) is 0.701. The highest BCUT2D eigenvalue weighted by Crippen LogP contribution is 2.33. The Hall–Kier alpha value is -3.94. The fraction of sp³-hybridized carbons (Fsp3) is 0.280. The van der Waals surface area contributed by atoms with Crippen LogP contribution in [0.25, 0.3) is 33.1 Å². The van der Waals surface area contributed by atoms with E-state index in [1.807, 2.05) is 43.0 Å². The molecule has 0 saturated heterocycles. The largest absolute Gasteiger partial charge is 0.362 e. The van der Waals surface area contributed by atoms with Gasteiger partial charge in [-0.2, -0.15) is 10.2 Å². The summed E-state index contributed by atoms with van der Waals surface area (Å²) in [5, 5.41) is 18.7. The second-order valence-corrected chi connectivity index (χ2v) is 8.65. The van der Waals surface area contributed by atoms with Crippen molar-refractivity contribution in [2.75, 3.05) is 5.32 Å². The summed E-state index contributed by atoms with van der Waals surface area (Å²) in [7, 11) is 5.54. The second-order valence-electron chi connectivity index (χ2n) is 8.65. The van der Waals surface area contributed by atoms with E-state index in [1.165, 1.54) is 11.1 Å². The zero-order valence-electron chi connectivity index (χ0n) is 19.7. The maximum Gasteiger partial charge on any atom is 0.328 e. The Kier molecular flexibility index (Phi) is 4.81. The van der Waals surface area contributed by atoms with Gasteiger partial charge in [-0.05, 0) is 50.1 Å². The van der Waals surface area contributed by atoms with E-state index in [0.717, 1.165) is 38.8 Å². The van der Waals surface area contributed by atoms with Gasteiger partial charge in [0, 0.05) is 43.7 Å². The predicted molar refractivity (Wildman–Crippen MR) is 131 cm³/mol. The molecule has 1 atom stereocenters. The third-order valence-electron chi connectivity index (χ3n) is 6.65. The molecule has 0 radical (unpaired) electrons. The third-order valence-corrected chi connectivity index (χ3v) is 6.65. The Morgan fingerprint density at radius 3 is 2.30 bits per heavy atom. The molecule has 0 aliphatic carbocycles. The average molecular weight is 442 g/mol. The summed E-state index contributed by atoms with van der Waals surface area (Å²) in [6.45, 7) is 6.20. The molecule has 0 unspecified atom stereocenters. The van der Waals surface area contributed by atoms with E-state index >= 15 is 0 Å². The van der Waals surface area contributed by atoms with Gasteiger partial charge in [0.2, 0.25) is 0 Å². The Morgan fingerprint density at radius 2 is 1.64 bits per heavy atom. The number of hydrogen-bond acceptors (Lipinski definition) is 5. The molecule has 2 aromatic carbocycles. The number of nitrogens with zero attached hydrogens (tertiary/aromatic N) is 6. The lowest BCUT2D eigenvalue weighted by atomic mass is 9.95. The summed E-state index contributed by atoms with van der Waals surface area (Å²) in [4.78, 5) is 12.5. The Morgan fingerprint density at radius 1 is 0.939 bits per heavy atom. The van der Waals surface area contributed by atoms with Gasteiger partial charge >= 0.3 is 5.69 Å². The molecular weight excluding hydrogens is 414 g/mol. The first-order chi connectivity index (χ1) is 15.8. The van der Waals surface area contributed by atoms with Gasteiger partial charge in [-0.1, -0.05) is 18.2 Å². The van der Waals surface area contributed by atoms with Gasteiger partial charge in [0.25, 0.3) is 0 Å². The van der Waals surface area contributed by atoms with Crippen LogP contribution in [0.4, 0.5) is 5.82 Å². The quantitative estimate of drug-likeness (QED) is 0.456. The Bertz CT molecular complexity index is 1590. The molecule has 0 bridgehead atoms. The summed E-state index contributed by atoms with van der Waals surface area (Å²) in [6.07, 6.45) is 1.81. The zero-order chi connectivity index (χ0) is 23.4. The van der Waals surface area contributed by atoms with Crippen LogP contribution in [-0.4, -0.2) is 29.1 Å². The number of rotatable bonds is 4. The van der Waals surface area contributed by atoms with Gasteiger partial charge in [-0.15, -0.1) is 5.10 Å². The van der Waals surface area contributed by atoms with Crippen LogP contribution >= 0.6 is 0 Å². The molecule has 0 aliphatic heterocycles. The van der Waals surface area contributed by atoms with Crippen LogP contribution in [0.5, 0.6) is 0 Å². The second kappa shape index (κ2) is 7.58. The van der Waals surface area contributed by atoms with Gasteiger partial charge < -0.3 is 5.32 Å². The van der Waals surface area contributed by atoms with Crippen LogP contribution in [0.1, 0.15) is 29.8 Å². The third kappa shape index (κ3) is 3.21. The molecular formula is C25H27N7O. The number of nitrogens with one attached hydrogen (secondary N) is 1. The molecule has 33 heavy (non-hydrogen) atoms. The first-order valence-corrected chi connectivity index (χ1v) is 10.9. The molecule has 0 fully saturated rings. The summed E-state index contributed by atoms with van der Waals surface area (Å²) in [5.41, 5.74) is 7.13. The SMILES string of the molecule is Cc1c(-c2ccnn2C)cccc1[C@@H](C)Nc1nnc(C)c2cc3c(cc12)n(C)c(=O)n3C. The first kappa shape index (κ1) is 20.9. The van der Waals surface area contributed by atoms with Crippen molar-refractivity contribution < 1.29 is 0 Å². The molecule has 0 aliphatic rings. The van der Waals surface area contributed by atoms with Gasteiger partial charge in [-0.3, -0.25) is 13.8 Å². The minimum atomic E-state index is -0.0515. The van der Waals surface area contributed by atoms with Crippen molar-refractivity contribution >= 4 is 27.6 Å². The van der Waals surface area contributed by atoms with Gasteiger partial charge in [0.1, 0.15) is 0 Å². The van der Waals surface area contributed by atoms with Crippen molar-refractivity contribution in [1.82, 2.24) is 29.1 Å². The van der Waals surface area contributed by atoms with Gasteiger partial charge in [0.15, 0.2) is 5.82 Å². The monoisotopic (exact) mass is 441 g/mol. The van der Waals surface area contributed by atoms with E-state index in [4.69, 9.17) is 0 Å². The number of anilines is 1. The van der Waals surface area contributed by atoms with Crippen molar-refractivity contribution in [2.24, 2.45) is 21.1 Å². The lowest BCUT2D eigenvalue weighted by Crippen LogP contribution is -2.19. The van der Waals surface area contributed by atoms with Crippen LogP contribution < -0.4 is 11.0 Å². The fourth-order valence-corrected chi connectivity index (χ4v) is 4.70. The summed E-state index contributed by atoms with van der Waals surface area (Å²) >= 11 is 0. The fourth-order valence-electron chi connectivity index (χ4n) is 4.70. The lowest BCUT2D eigenvalue weighted by molar-refractivity contribution is 0.774. The lowest BCUT2D eigenvalue weighted by Gasteiger charge is -2.20. The zero-order valence-corrected chi connectivity index (χ0v) is 19.7. The first-order valence-electron chi connectivity index (χ1n) is 10.9. The Balaban J connectivity index is 1.61. The van der Waals surface area contributed by atoms with Crippen LogP contribution in [0, 0.1) is 13.8 Å². The van der Waals surface area contributed by atoms with Crippen LogP contribution in [0.2, 0.25) is 0 Å². The highest BCUT2D eigenvalue weighted by molar-refractivity contribution is 6.01. The maximum atomic E-state index is 12.5. The molecule has 0 amide bonds.